The molecule has 1 amide bonds. The highest BCUT2D eigenvalue weighted by molar-refractivity contribution is 7.18. The van der Waals surface area contributed by atoms with Crippen molar-refractivity contribution >= 4 is 27.5 Å². The maximum atomic E-state index is 13.7. The molecule has 0 spiro atoms. The molecule has 0 saturated carbocycles. The average molecular weight is 433 g/mol. The maximum absolute atomic E-state index is 13.7. The molecular weight excluding hydrogens is 408 g/mol. The van der Waals surface area contributed by atoms with Crippen LogP contribution in [0.3, 0.4) is 0 Å². The van der Waals surface area contributed by atoms with Crippen LogP contribution in [0.4, 0.5) is 0 Å². The predicted octanol–water partition coefficient (Wildman–Crippen LogP) is 4.15. The van der Waals surface area contributed by atoms with E-state index in [4.69, 9.17) is 0 Å². The number of carbonyl (C=O) groups excluding carboxylic acids is 1. The number of hydrogen-bond donors (Lipinski definition) is 0. The first-order valence-corrected chi connectivity index (χ1v) is 11.3. The normalized spacial score (nSPS) is 15.0. The number of fused-ring (bicyclic) bond motifs is 1. The van der Waals surface area contributed by atoms with Gasteiger partial charge in [0.15, 0.2) is 0 Å². The van der Waals surface area contributed by atoms with Crippen molar-refractivity contribution in [2.75, 3.05) is 13.1 Å². The van der Waals surface area contributed by atoms with Crippen LogP contribution in [0.25, 0.3) is 15.9 Å². The van der Waals surface area contributed by atoms with Gasteiger partial charge in [0.1, 0.15) is 0 Å². The maximum Gasteiger partial charge on any atom is 0.270 e. The molecule has 3 heterocycles. The molecule has 2 aromatic carbocycles. The van der Waals surface area contributed by atoms with Gasteiger partial charge in [-0.2, -0.15) is 15.0 Å². The summed E-state index contributed by atoms with van der Waals surface area (Å²) in [5, 5.41) is 13.6. The molecule has 1 aliphatic heterocycles. The number of rotatable bonds is 4. The Labute approximate surface area is 184 Å². The summed E-state index contributed by atoms with van der Waals surface area (Å²) in [6, 6.07) is 12.2. The first-order chi connectivity index (χ1) is 15.1. The highest BCUT2D eigenvalue weighted by Gasteiger charge is 2.28. The summed E-state index contributed by atoms with van der Waals surface area (Å²) in [6.07, 6.45) is 5.32. The lowest BCUT2D eigenvalue weighted by atomic mass is 10.1. The number of benzene rings is 2. The molecule has 158 valence electrons. The third-order valence-electron chi connectivity index (χ3n) is 5.55. The summed E-state index contributed by atoms with van der Waals surface area (Å²) in [5.41, 5.74) is 4.58. The lowest BCUT2D eigenvalue weighted by Crippen LogP contribution is -2.50. The molecular formula is C23H24N6OS. The summed E-state index contributed by atoms with van der Waals surface area (Å²) in [7, 11) is 0. The van der Waals surface area contributed by atoms with E-state index >= 15 is 0 Å². The van der Waals surface area contributed by atoms with Crippen LogP contribution in [-0.4, -0.2) is 49.0 Å². The molecule has 0 aliphatic carbocycles. The Morgan fingerprint density at radius 3 is 2.68 bits per heavy atom. The van der Waals surface area contributed by atoms with Crippen molar-refractivity contribution in [1.82, 2.24) is 30.0 Å². The second kappa shape index (κ2) is 8.20. The number of hydrazine groups is 1. The fourth-order valence-corrected chi connectivity index (χ4v) is 4.97. The third kappa shape index (κ3) is 3.96. The molecule has 0 bridgehead atoms. The van der Waals surface area contributed by atoms with E-state index in [-0.39, 0.29) is 5.91 Å². The van der Waals surface area contributed by atoms with Gasteiger partial charge in [0.05, 0.1) is 38.9 Å². The van der Waals surface area contributed by atoms with Crippen LogP contribution in [0.1, 0.15) is 39.3 Å². The van der Waals surface area contributed by atoms with Gasteiger partial charge < -0.3 is 0 Å². The van der Waals surface area contributed by atoms with Gasteiger partial charge in [-0.15, -0.1) is 11.3 Å². The van der Waals surface area contributed by atoms with Crippen LogP contribution in [0.15, 0.2) is 48.8 Å². The number of nitrogens with zero attached hydrogens (tertiary/aromatic N) is 6. The Morgan fingerprint density at radius 2 is 1.84 bits per heavy atom. The SMILES string of the molecule is Cc1ccc(-n2nccn2)c(C(=O)N2CCCCN2Cc2ccc3nc(C)sc3c2)c1. The topological polar surface area (TPSA) is 67.2 Å². The molecule has 8 heteroatoms. The largest absolute Gasteiger partial charge is 0.271 e. The Morgan fingerprint density at radius 1 is 1.03 bits per heavy atom. The minimum Gasteiger partial charge on any atom is -0.271 e. The van der Waals surface area contributed by atoms with E-state index in [1.165, 1.54) is 15.1 Å². The third-order valence-corrected chi connectivity index (χ3v) is 6.49. The summed E-state index contributed by atoms with van der Waals surface area (Å²) in [4.78, 5) is 19.8. The summed E-state index contributed by atoms with van der Waals surface area (Å²) in [5.74, 6) is -0.00888. The second-order valence-corrected chi connectivity index (χ2v) is 9.13. The highest BCUT2D eigenvalue weighted by atomic mass is 32.1. The van der Waals surface area contributed by atoms with Crippen molar-refractivity contribution in [3.63, 3.8) is 0 Å². The zero-order chi connectivity index (χ0) is 21.4. The molecule has 2 aromatic heterocycles. The molecule has 1 fully saturated rings. The van der Waals surface area contributed by atoms with Gasteiger partial charge >= 0.3 is 0 Å². The summed E-state index contributed by atoms with van der Waals surface area (Å²) < 4.78 is 1.19. The molecule has 0 atom stereocenters. The molecule has 5 rings (SSSR count). The van der Waals surface area contributed by atoms with Crippen molar-refractivity contribution < 1.29 is 4.79 Å². The molecule has 0 radical (unpaired) electrons. The predicted molar refractivity (Wildman–Crippen MR) is 121 cm³/mol. The van der Waals surface area contributed by atoms with E-state index in [0.29, 0.717) is 24.3 Å². The number of aromatic nitrogens is 4. The molecule has 4 aromatic rings. The number of thiazole rings is 1. The molecule has 0 N–H and O–H groups in total. The number of hydrogen-bond acceptors (Lipinski definition) is 6. The van der Waals surface area contributed by atoms with Gasteiger partial charge in [0.25, 0.3) is 5.91 Å². The van der Waals surface area contributed by atoms with Crippen LogP contribution in [0.2, 0.25) is 0 Å². The van der Waals surface area contributed by atoms with Crippen LogP contribution >= 0.6 is 11.3 Å². The summed E-state index contributed by atoms with van der Waals surface area (Å²) >= 11 is 1.71. The van der Waals surface area contributed by atoms with E-state index in [1.54, 1.807) is 23.7 Å². The van der Waals surface area contributed by atoms with Crippen molar-refractivity contribution in [3.8, 4) is 5.69 Å². The Kier molecular flexibility index (Phi) is 5.25. The van der Waals surface area contributed by atoms with E-state index in [1.807, 2.05) is 37.1 Å². The molecule has 7 nitrogen and oxygen atoms in total. The Balaban J connectivity index is 1.45. The van der Waals surface area contributed by atoms with Crippen molar-refractivity contribution in [2.45, 2.75) is 33.2 Å². The van der Waals surface area contributed by atoms with Gasteiger partial charge in [0, 0.05) is 19.6 Å². The first-order valence-electron chi connectivity index (χ1n) is 10.5. The first kappa shape index (κ1) is 19.8. The van der Waals surface area contributed by atoms with Gasteiger partial charge in [-0.1, -0.05) is 17.7 Å². The van der Waals surface area contributed by atoms with Crippen LogP contribution < -0.4 is 0 Å². The summed E-state index contributed by atoms with van der Waals surface area (Å²) in [6.45, 7) is 6.29. The Hall–Kier alpha value is -3.10. The van der Waals surface area contributed by atoms with Crippen molar-refractivity contribution in [3.05, 3.63) is 70.5 Å². The van der Waals surface area contributed by atoms with Gasteiger partial charge in [0.2, 0.25) is 0 Å². The fourth-order valence-electron chi connectivity index (χ4n) is 4.08. The number of amides is 1. The van der Waals surface area contributed by atoms with Gasteiger partial charge in [-0.25, -0.2) is 9.99 Å². The quantitative estimate of drug-likeness (QED) is 0.485. The minimum absolute atomic E-state index is 0.00888. The second-order valence-electron chi connectivity index (χ2n) is 7.90. The lowest BCUT2D eigenvalue weighted by Gasteiger charge is -2.39. The van der Waals surface area contributed by atoms with E-state index < -0.39 is 0 Å². The van der Waals surface area contributed by atoms with Crippen LogP contribution in [-0.2, 0) is 6.54 Å². The molecule has 1 aliphatic rings. The number of carbonyl (C=O) groups is 1. The number of aryl methyl sites for hydroxylation is 2. The fraction of sp³-hybridized carbons (Fsp3) is 0.304. The Bertz CT molecular complexity index is 1230. The van der Waals surface area contributed by atoms with Crippen LogP contribution in [0, 0.1) is 13.8 Å². The lowest BCUT2D eigenvalue weighted by molar-refractivity contribution is -0.0350. The van der Waals surface area contributed by atoms with Crippen LogP contribution in [0.5, 0.6) is 0 Å². The van der Waals surface area contributed by atoms with Crippen molar-refractivity contribution in [2.24, 2.45) is 0 Å². The molecule has 0 unspecified atom stereocenters. The average Bonchev–Trinajstić information content (AvgIpc) is 3.42. The zero-order valence-electron chi connectivity index (χ0n) is 17.7. The molecule has 1 saturated heterocycles. The standard InChI is InChI=1S/C23H24N6OS/c1-16-5-8-21(29-24-9-10-25-29)19(13-16)23(30)28-12-4-3-11-27(28)15-18-6-7-20-22(14-18)31-17(2)26-20/h5-10,13-14H,3-4,11-12,15H2,1-2H3. The van der Waals surface area contributed by atoms with E-state index in [9.17, 15) is 4.79 Å². The monoisotopic (exact) mass is 432 g/mol. The highest BCUT2D eigenvalue weighted by Crippen LogP contribution is 2.26. The van der Waals surface area contributed by atoms with E-state index in [0.717, 1.165) is 35.5 Å². The smallest absolute Gasteiger partial charge is 0.270 e. The molecule has 31 heavy (non-hydrogen) atoms. The van der Waals surface area contributed by atoms with Gasteiger partial charge in [-0.05, 0) is 56.5 Å². The van der Waals surface area contributed by atoms with E-state index in [2.05, 4.69) is 38.4 Å². The minimum atomic E-state index is -0.00888. The zero-order valence-corrected chi connectivity index (χ0v) is 18.5. The van der Waals surface area contributed by atoms with Gasteiger partial charge in [-0.3, -0.25) is 9.80 Å². The van der Waals surface area contributed by atoms with Crippen molar-refractivity contribution in [1.29, 1.82) is 0 Å².